The minimum absolute atomic E-state index is 0.147. The molecule has 1 aromatic carbocycles. The van der Waals surface area contributed by atoms with Crippen molar-refractivity contribution >= 4 is 40.6 Å². The molecular weight excluding hydrogens is 400 g/mol. The second kappa shape index (κ2) is 9.32. The van der Waals surface area contributed by atoms with Crippen LogP contribution in [-0.4, -0.2) is 48.2 Å². The van der Waals surface area contributed by atoms with E-state index in [2.05, 4.69) is 10.3 Å². The Balaban J connectivity index is 1.73. The molecule has 7 nitrogen and oxygen atoms in total. The van der Waals surface area contributed by atoms with Crippen LogP contribution in [0.25, 0.3) is 0 Å². The Labute approximate surface area is 179 Å². The monoisotopic (exact) mass is 422 g/mol. The highest BCUT2D eigenvalue weighted by Crippen LogP contribution is 2.23. The number of hydrogen-bond acceptors (Lipinski definition) is 5. The van der Waals surface area contributed by atoms with Crippen molar-refractivity contribution in [3.8, 4) is 0 Å². The van der Waals surface area contributed by atoms with E-state index in [1.807, 2.05) is 18.4 Å². The van der Waals surface area contributed by atoms with Gasteiger partial charge in [0.05, 0.1) is 22.7 Å². The minimum atomic E-state index is -0.358. The molecular formula is C22H22N4O3S. The molecule has 3 rings (SSSR count). The summed E-state index contributed by atoms with van der Waals surface area (Å²) in [5, 5.41) is 4.51. The Morgan fingerprint density at radius 3 is 2.50 bits per heavy atom. The summed E-state index contributed by atoms with van der Waals surface area (Å²) in [4.78, 5) is 45.5. The molecule has 3 aromatic rings. The van der Waals surface area contributed by atoms with E-state index in [-0.39, 0.29) is 24.3 Å². The van der Waals surface area contributed by atoms with Gasteiger partial charge >= 0.3 is 0 Å². The number of carbonyl (C=O) groups excluding carboxylic acids is 3. The Morgan fingerprint density at radius 2 is 1.80 bits per heavy atom. The third-order valence-corrected chi connectivity index (χ3v) is 5.30. The topological polar surface area (TPSA) is 82.6 Å². The number of pyridine rings is 1. The molecule has 8 heteroatoms. The Morgan fingerprint density at radius 1 is 1.03 bits per heavy atom. The number of likely N-dealkylation sites (N-methyl/N-ethyl adjacent to an activating group) is 1. The van der Waals surface area contributed by atoms with Gasteiger partial charge in [-0.05, 0) is 48.2 Å². The molecule has 154 valence electrons. The maximum absolute atomic E-state index is 13.0. The fourth-order valence-corrected chi connectivity index (χ4v) is 3.60. The summed E-state index contributed by atoms with van der Waals surface area (Å²) in [6.07, 6.45) is 1.61. The molecule has 0 spiro atoms. The quantitative estimate of drug-likeness (QED) is 0.660. The summed E-state index contributed by atoms with van der Waals surface area (Å²) < 4.78 is 0. The SMILES string of the molecule is Cc1ccnc(NC(=O)CN(C)C(=O)c2ccccc2N(C)C(=O)c2cccs2)c1. The number of hydrogen-bond donors (Lipinski definition) is 1. The maximum atomic E-state index is 13.0. The lowest BCUT2D eigenvalue weighted by Crippen LogP contribution is -2.36. The predicted molar refractivity (Wildman–Crippen MR) is 118 cm³/mol. The number of anilines is 2. The van der Waals surface area contributed by atoms with Crippen molar-refractivity contribution in [1.29, 1.82) is 0 Å². The van der Waals surface area contributed by atoms with Crippen LogP contribution in [0.1, 0.15) is 25.6 Å². The first-order valence-corrected chi connectivity index (χ1v) is 10.1. The molecule has 0 radical (unpaired) electrons. The van der Waals surface area contributed by atoms with E-state index >= 15 is 0 Å². The highest BCUT2D eigenvalue weighted by molar-refractivity contribution is 7.12. The number of amides is 3. The standard InChI is InChI=1S/C22H22N4O3S/c1-15-10-11-23-19(13-15)24-20(27)14-25(2)21(28)16-7-4-5-8-17(16)26(3)22(29)18-9-6-12-30-18/h4-13H,14H2,1-3H3,(H,23,24,27). The zero-order chi connectivity index (χ0) is 21.7. The van der Waals surface area contributed by atoms with Crippen LogP contribution in [-0.2, 0) is 4.79 Å². The van der Waals surface area contributed by atoms with Gasteiger partial charge in [0, 0.05) is 20.3 Å². The Kier molecular flexibility index (Phi) is 6.58. The van der Waals surface area contributed by atoms with Gasteiger partial charge in [-0.1, -0.05) is 18.2 Å². The summed E-state index contributed by atoms with van der Waals surface area (Å²) in [7, 11) is 3.17. The zero-order valence-electron chi connectivity index (χ0n) is 17.0. The molecule has 2 aromatic heterocycles. The number of nitrogens with one attached hydrogen (secondary N) is 1. The van der Waals surface area contributed by atoms with Gasteiger partial charge in [-0.25, -0.2) is 4.98 Å². The molecule has 0 saturated carbocycles. The first-order valence-electron chi connectivity index (χ1n) is 9.25. The molecule has 3 amide bonds. The lowest BCUT2D eigenvalue weighted by atomic mass is 10.1. The van der Waals surface area contributed by atoms with E-state index < -0.39 is 0 Å². The second-order valence-electron chi connectivity index (χ2n) is 6.79. The first kappa shape index (κ1) is 21.2. The van der Waals surface area contributed by atoms with Gasteiger partial charge in [-0.15, -0.1) is 11.3 Å². The van der Waals surface area contributed by atoms with Crippen LogP contribution in [0, 0.1) is 6.92 Å². The van der Waals surface area contributed by atoms with E-state index in [4.69, 9.17) is 0 Å². The lowest BCUT2D eigenvalue weighted by molar-refractivity contribution is -0.116. The van der Waals surface area contributed by atoms with Gasteiger partial charge < -0.3 is 15.1 Å². The number of thiophene rings is 1. The highest BCUT2D eigenvalue weighted by Gasteiger charge is 2.23. The van der Waals surface area contributed by atoms with Gasteiger partial charge in [0.1, 0.15) is 5.82 Å². The molecule has 0 atom stereocenters. The smallest absolute Gasteiger partial charge is 0.268 e. The van der Waals surface area contributed by atoms with Crippen LogP contribution in [0.4, 0.5) is 11.5 Å². The third kappa shape index (κ3) is 4.90. The molecule has 0 aliphatic carbocycles. The van der Waals surface area contributed by atoms with Crippen molar-refractivity contribution in [3.05, 3.63) is 76.1 Å². The van der Waals surface area contributed by atoms with E-state index in [1.54, 1.807) is 62.8 Å². The molecule has 0 fully saturated rings. The van der Waals surface area contributed by atoms with E-state index in [0.29, 0.717) is 21.9 Å². The molecule has 0 bridgehead atoms. The first-order chi connectivity index (χ1) is 14.4. The number of carbonyl (C=O) groups is 3. The van der Waals surface area contributed by atoms with Crippen molar-refractivity contribution in [2.45, 2.75) is 6.92 Å². The zero-order valence-corrected chi connectivity index (χ0v) is 17.8. The number of para-hydroxylation sites is 1. The predicted octanol–water partition coefficient (Wildman–Crippen LogP) is 3.44. The number of aryl methyl sites for hydroxylation is 1. The summed E-state index contributed by atoms with van der Waals surface area (Å²) in [6.45, 7) is 1.75. The van der Waals surface area contributed by atoms with Gasteiger partial charge in [-0.3, -0.25) is 14.4 Å². The van der Waals surface area contributed by atoms with Crippen LogP contribution in [0.3, 0.4) is 0 Å². The largest absolute Gasteiger partial charge is 0.332 e. The van der Waals surface area contributed by atoms with E-state index in [0.717, 1.165) is 5.56 Å². The Bertz CT molecular complexity index is 1070. The summed E-state index contributed by atoms with van der Waals surface area (Å²) >= 11 is 1.34. The van der Waals surface area contributed by atoms with Crippen molar-refractivity contribution < 1.29 is 14.4 Å². The van der Waals surface area contributed by atoms with Gasteiger partial charge in [0.25, 0.3) is 11.8 Å². The van der Waals surface area contributed by atoms with Crippen LogP contribution in [0.2, 0.25) is 0 Å². The van der Waals surface area contributed by atoms with Crippen LogP contribution >= 0.6 is 11.3 Å². The average molecular weight is 423 g/mol. The highest BCUT2D eigenvalue weighted by atomic mass is 32.1. The summed E-state index contributed by atoms with van der Waals surface area (Å²) in [5.41, 5.74) is 1.79. The second-order valence-corrected chi connectivity index (χ2v) is 7.73. The van der Waals surface area contributed by atoms with Crippen molar-refractivity contribution in [3.63, 3.8) is 0 Å². The average Bonchev–Trinajstić information content (AvgIpc) is 3.27. The van der Waals surface area contributed by atoms with Gasteiger partial charge in [0.15, 0.2) is 0 Å². The van der Waals surface area contributed by atoms with Crippen LogP contribution in [0.15, 0.2) is 60.1 Å². The third-order valence-electron chi connectivity index (χ3n) is 4.44. The number of nitrogens with zero attached hydrogens (tertiary/aromatic N) is 3. The van der Waals surface area contributed by atoms with Crippen molar-refractivity contribution in [2.24, 2.45) is 0 Å². The summed E-state index contributed by atoms with van der Waals surface area (Å²) in [5.74, 6) is -0.480. The summed E-state index contributed by atoms with van der Waals surface area (Å²) in [6, 6.07) is 14.0. The van der Waals surface area contributed by atoms with Crippen LogP contribution < -0.4 is 10.2 Å². The molecule has 1 N–H and O–H groups in total. The molecule has 30 heavy (non-hydrogen) atoms. The van der Waals surface area contributed by atoms with Crippen molar-refractivity contribution in [2.75, 3.05) is 30.9 Å². The van der Waals surface area contributed by atoms with Crippen LogP contribution in [0.5, 0.6) is 0 Å². The van der Waals surface area contributed by atoms with Crippen molar-refractivity contribution in [1.82, 2.24) is 9.88 Å². The van der Waals surface area contributed by atoms with Gasteiger partial charge in [0.2, 0.25) is 5.91 Å². The minimum Gasteiger partial charge on any atom is -0.332 e. The maximum Gasteiger partial charge on any atom is 0.268 e. The number of benzene rings is 1. The number of rotatable bonds is 6. The lowest BCUT2D eigenvalue weighted by Gasteiger charge is -2.23. The molecule has 2 heterocycles. The fraction of sp³-hybridized carbons (Fsp3) is 0.182. The normalized spacial score (nSPS) is 10.4. The fourth-order valence-electron chi connectivity index (χ4n) is 2.90. The molecule has 0 unspecified atom stereocenters. The van der Waals surface area contributed by atoms with E-state index in [1.165, 1.54) is 21.1 Å². The molecule has 0 aliphatic heterocycles. The molecule has 0 aliphatic rings. The number of aromatic nitrogens is 1. The molecule has 0 saturated heterocycles. The Hall–Kier alpha value is -3.52. The van der Waals surface area contributed by atoms with Gasteiger partial charge in [-0.2, -0.15) is 0 Å². The van der Waals surface area contributed by atoms with E-state index in [9.17, 15) is 14.4 Å².